The van der Waals surface area contributed by atoms with Crippen LogP contribution in [0.5, 0.6) is 0 Å². The van der Waals surface area contributed by atoms with Crippen molar-refractivity contribution in [3.63, 3.8) is 0 Å². The summed E-state index contributed by atoms with van der Waals surface area (Å²) in [6, 6.07) is 6.90. The van der Waals surface area contributed by atoms with Gasteiger partial charge >= 0.3 is 0 Å². The minimum absolute atomic E-state index is 0.678. The molecule has 0 radical (unpaired) electrons. The average molecular weight is 251 g/mol. The standard InChI is InChI=1S/C8H7ClO3S2/c9-13-8-3-1-7(2-4-8)5-6-14(10,11)12/h1-6H,(H,10,11,12). The van der Waals surface area contributed by atoms with Gasteiger partial charge in [0.2, 0.25) is 0 Å². The zero-order valence-electron chi connectivity index (χ0n) is 6.92. The summed E-state index contributed by atoms with van der Waals surface area (Å²) < 4.78 is 29.2. The molecule has 1 aromatic rings. The van der Waals surface area contributed by atoms with Gasteiger partial charge in [-0.1, -0.05) is 12.1 Å². The molecule has 3 nitrogen and oxygen atoms in total. The van der Waals surface area contributed by atoms with Crippen molar-refractivity contribution in [3.8, 4) is 0 Å². The SMILES string of the molecule is O=S(=O)(O)C=Cc1ccc(SCl)cc1. The first-order chi connectivity index (χ1) is 6.51. The summed E-state index contributed by atoms with van der Waals surface area (Å²) in [5, 5.41) is 0.732. The molecular formula is C8H7ClO3S2. The number of hydrogen-bond donors (Lipinski definition) is 1. The molecule has 6 heteroatoms. The van der Waals surface area contributed by atoms with Gasteiger partial charge < -0.3 is 0 Å². The third-order valence-corrected chi connectivity index (χ3v) is 2.87. The summed E-state index contributed by atoms with van der Waals surface area (Å²) in [6.45, 7) is 0. The molecule has 1 rings (SSSR count). The summed E-state index contributed by atoms with van der Waals surface area (Å²) in [4.78, 5) is 0.871. The van der Waals surface area contributed by atoms with Crippen molar-refractivity contribution in [3.05, 3.63) is 35.2 Å². The predicted octanol–water partition coefficient (Wildman–Crippen LogP) is 2.79. The number of rotatable bonds is 3. The van der Waals surface area contributed by atoms with E-state index in [1.807, 2.05) is 0 Å². The molecule has 0 heterocycles. The third-order valence-electron chi connectivity index (χ3n) is 1.40. The van der Waals surface area contributed by atoms with Gasteiger partial charge in [-0.2, -0.15) is 8.42 Å². The Bertz CT molecular complexity index is 422. The molecule has 0 saturated heterocycles. The normalized spacial score (nSPS) is 12.1. The highest BCUT2D eigenvalue weighted by Crippen LogP contribution is 2.22. The van der Waals surface area contributed by atoms with Crippen LogP contribution in [0.25, 0.3) is 6.08 Å². The predicted molar refractivity (Wildman–Crippen MR) is 58.7 cm³/mol. The van der Waals surface area contributed by atoms with Gasteiger partial charge in [0.25, 0.3) is 10.1 Å². The van der Waals surface area contributed by atoms with Gasteiger partial charge in [0.1, 0.15) is 0 Å². The van der Waals surface area contributed by atoms with E-state index in [4.69, 9.17) is 15.2 Å². The van der Waals surface area contributed by atoms with Gasteiger partial charge in [-0.3, -0.25) is 4.55 Å². The first-order valence-electron chi connectivity index (χ1n) is 3.55. The van der Waals surface area contributed by atoms with Crippen LogP contribution < -0.4 is 0 Å². The van der Waals surface area contributed by atoms with Crippen molar-refractivity contribution in [1.29, 1.82) is 0 Å². The smallest absolute Gasteiger partial charge is 0.282 e. The monoisotopic (exact) mass is 250 g/mol. The summed E-state index contributed by atoms with van der Waals surface area (Å²) >= 11 is 0. The second-order valence-electron chi connectivity index (χ2n) is 2.46. The van der Waals surface area contributed by atoms with E-state index in [9.17, 15) is 8.42 Å². The van der Waals surface area contributed by atoms with Gasteiger partial charge in [0, 0.05) is 4.90 Å². The highest BCUT2D eigenvalue weighted by molar-refractivity contribution is 8.21. The van der Waals surface area contributed by atoms with E-state index in [0.29, 0.717) is 5.56 Å². The zero-order chi connectivity index (χ0) is 10.6. The number of hydrogen-bond acceptors (Lipinski definition) is 3. The van der Waals surface area contributed by atoms with Crippen molar-refractivity contribution < 1.29 is 13.0 Å². The molecule has 0 aliphatic carbocycles. The van der Waals surface area contributed by atoms with Crippen LogP contribution in [-0.2, 0) is 10.1 Å². The third kappa shape index (κ3) is 4.15. The van der Waals surface area contributed by atoms with Crippen molar-refractivity contribution >= 4 is 37.9 Å². The highest BCUT2D eigenvalue weighted by atomic mass is 35.7. The summed E-state index contributed by atoms with van der Waals surface area (Å²) in [5.74, 6) is 0. The Balaban J connectivity index is 2.84. The van der Waals surface area contributed by atoms with Crippen molar-refractivity contribution in [1.82, 2.24) is 0 Å². The fraction of sp³-hybridized carbons (Fsp3) is 0. The molecule has 0 fully saturated rings. The van der Waals surface area contributed by atoms with Gasteiger partial charge in [0.15, 0.2) is 0 Å². The molecule has 1 aromatic carbocycles. The Kier molecular flexibility index (Phi) is 4.00. The molecule has 14 heavy (non-hydrogen) atoms. The molecule has 0 amide bonds. The topological polar surface area (TPSA) is 54.4 Å². The maximum Gasteiger partial charge on any atom is 0.287 e. The molecule has 76 valence electrons. The van der Waals surface area contributed by atoms with Crippen molar-refractivity contribution in [2.24, 2.45) is 0 Å². The van der Waals surface area contributed by atoms with E-state index in [1.54, 1.807) is 24.3 Å². The van der Waals surface area contributed by atoms with E-state index in [0.717, 1.165) is 21.3 Å². The van der Waals surface area contributed by atoms with Crippen LogP contribution in [0.4, 0.5) is 0 Å². The Hall–Kier alpha value is -0.490. The van der Waals surface area contributed by atoms with Crippen LogP contribution in [0.2, 0.25) is 0 Å². The molecule has 0 aromatic heterocycles. The quantitative estimate of drug-likeness (QED) is 0.839. The van der Waals surface area contributed by atoms with E-state index >= 15 is 0 Å². The molecule has 0 saturated carbocycles. The van der Waals surface area contributed by atoms with Gasteiger partial charge in [-0.15, -0.1) is 0 Å². The van der Waals surface area contributed by atoms with Gasteiger partial charge in [-0.25, -0.2) is 0 Å². The van der Waals surface area contributed by atoms with E-state index < -0.39 is 10.1 Å². The molecule has 1 N–H and O–H groups in total. The fourth-order valence-corrected chi connectivity index (χ4v) is 1.67. The fourth-order valence-electron chi connectivity index (χ4n) is 0.795. The molecular weight excluding hydrogens is 244 g/mol. The van der Waals surface area contributed by atoms with E-state index in [2.05, 4.69) is 0 Å². The van der Waals surface area contributed by atoms with Crippen molar-refractivity contribution in [2.75, 3.05) is 0 Å². The maximum atomic E-state index is 10.4. The summed E-state index contributed by atoms with van der Waals surface area (Å²) in [6.07, 6.45) is 1.30. The second kappa shape index (κ2) is 4.84. The Morgan fingerprint density at radius 3 is 2.29 bits per heavy atom. The first kappa shape index (κ1) is 11.6. The largest absolute Gasteiger partial charge is 0.287 e. The first-order valence-corrected chi connectivity index (χ1v) is 6.70. The molecule has 0 unspecified atom stereocenters. The van der Waals surface area contributed by atoms with E-state index in [1.165, 1.54) is 6.08 Å². The molecule has 0 spiro atoms. The number of halogens is 1. The molecule has 0 atom stereocenters. The lowest BCUT2D eigenvalue weighted by molar-refractivity contribution is 0.494. The zero-order valence-corrected chi connectivity index (χ0v) is 9.31. The Morgan fingerprint density at radius 1 is 1.29 bits per heavy atom. The van der Waals surface area contributed by atoms with Gasteiger partial charge in [0.05, 0.1) is 5.41 Å². The van der Waals surface area contributed by atoms with Crippen LogP contribution >= 0.6 is 21.7 Å². The highest BCUT2D eigenvalue weighted by Gasteiger charge is 1.96. The lowest BCUT2D eigenvalue weighted by Crippen LogP contribution is -1.88. The average Bonchev–Trinajstić information content (AvgIpc) is 2.14. The molecule has 0 aliphatic heterocycles. The Morgan fingerprint density at radius 2 is 1.86 bits per heavy atom. The Labute approximate surface area is 91.0 Å². The minimum Gasteiger partial charge on any atom is -0.282 e. The molecule has 0 bridgehead atoms. The lowest BCUT2D eigenvalue weighted by Gasteiger charge is -1.94. The van der Waals surface area contributed by atoms with Gasteiger partial charge in [-0.05, 0) is 45.4 Å². The molecule has 0 aliphatic rings. The van der Waals surface area contributed by atoms with Crippen LogP contribution in [0.3, 0.4) is 0 Å². The van der Waals surface area contributed by atoms with Crippen LogP contribution in [0.1, 0.15) is 5.56 Å². The van der Waals surface area contributed by atoms with Crippen LogP contribution in [-0.4, -0.2) is 13.0 Å². The second-order valence-corrected chi connectivity index (χ2v) is 4.85. The maximum absolute atomic E-state index is 10.4. The van der Waals surface area contributed by atoms with Crippen LogP contribution in [0, 0.1) is 0 Å². The minimum atomic E-state index is -4.05. The summed E-state index contributed by atoms with van der Waals surface area (Å²) in [5.41, 5.74) is 0.678. The van der Waals surface area contributed by atoms with Crippen molar-refractivity contribution in [2.45, 2.75) is 4.90 Å². The lowest BCUT2D eigenvalue weighted by atomic mass is 10.2. The number of benzene rings is 1. The van der Waals surface area contributed by atoms with Crippen LogP contribution in [0.15, 0.2) is 34.6 Å². The summed E-state index contributed by atoms with van der Waals surface area (Å²) in [7, 11) is 2.52. The van der Waals surface area contributed by atoms with E-state index in [-0.39, 0.29) is 0 Å².